The third-order valence-electron chi connectivity index (χ3n) is 2.92. The van der Waals surface area contributed by atoms with Crippen molar-refractivity contribution in [3.8, 4) is 0 Å². The molecule has 0 aliphatic carbocycles. The summed E-state index contributed by atoms with van der Waals surface area (Å²) in [4.78, 5) is 7.68. The normalized spacial score (nSPS) is 11.6. The molecular weight excluding hydrogens is 294 g/mol. The molecular formula is C12H17N5O3S. The molecule has 2 rings (SSSR count). The van der Waals surface area contributed by atoms with Crippen molar-refractivity contribution in [2.45, 2.75) is 31.7 Å². The van der Waals surface area contributed by atoms with Gasteiger partial charge in [0.1, 0.15) is 11.2 Å². The van der Waals surface area contributed by atoms with Gasteiger partial charge in [0.2, 0.25) is 0 Å². The van der Waals surface area contributed by atoms with E-state index in [1.54, 1.807) is 18.5 Å². The second-order valence-electron chi connectivity index (χ2n) is 4.53. The summed E-state index contributed by atoms with van der Waals surface area (Å²) in [5.41, 5.74) is 1.24. The van der Waals surface area contributed by atoms with Crippen molar-refractivity contribution >= 4 is 15.7 Å². The predicted molar refractivity (Wildman–Crippen MR) is 76.2 cm³/mol. The van der Waals surface area contributed by atoms with Crippen LogP contribution in [-0.4, -0.2) is 39.9 Å². The summed E-state index contributed by atoms with van der Waals surface area (Å²) in [6.07, 6.45) is 4.60. The summed E-state index contributed by atoms with van der Waals surface area (Å²) in [5, 5.41) is 13.1. The fraction of sp³-hybridized carbons (Fsp3) is 0.417. The fourth-order valence-corrected chi connectivity index (χ4v) is 3.51. The van der Waals surface area contributed by atoms with Crippen molar-refractivity contribution in [2.24, 2.45) is 0 Å². The first kappa shape index (κ1) is 15.4. The van der Waals surface area contributed by atoms with E-state index in [-0.39, 0.29) is 11.5 Å². The number of nitrogens with zero attached hydrogens (tertiary/aromatic N) is 4. The maximum atomic E-state index is 12.5. The van der Waals surface area contributed by atoms with E-state index in [4.69, 9.17) is 5.11 Å². The largest absolute Gasteiger partial charge is 0.396 e. The van der Waals surface area contributed by atoms with Crippen molar-refractivity contribution in [3.05, 3.63) is 30.1 Å². The highest BCUT2D eigenvalue weighted by Gasteiger charge is 2.24. The van der Waals surface area contributed by atoms with E-state index >= 15 is 0 Å². The fourth-order valence-electron chi connectivity index (χ4n) is 2.07. The number of rotatable bonds is 6. The SMILES string of the molecule is Cc1nn(CCCO)c(C)c1S(=O)(=O)Nc1cncnc1. The molecule has 0 fully saturated rings. The Hall–Kier alpha value is -2.00. The number of sulfonamides is 1. The molecule has 21 heavy (non-hydrogen) atoms. The average molecular weight is 311 g/mol. The number of aliphatic hydroxyl groups is 1. The number of anilines is 1. The van der Waals surface area contributed by atoms with Crippen molar-refractivity contribution in [1.82, 2.24) is 19.7 Å². The summed E-state index contributed by atoms with van der Waals surface area (Å²) in [6, 6.07) is 0. The molecule has 0 unspecified atom stereocenters. The Morgan fingerprint density at radius 2 is 1.95 bits per heavy atom. The van der Waals surface area contributed by atoms with E-state index < -0.39 is 10.0 Å². The van der Waals surface area contributed by atoms with Crippen molar-refractivity contribution in [2.75, 3.05) is 11.3 Å². The molecule has 0 spiro atoms. The summed E-state index contributed by atoms with van der Waals surface area (Å²) in [5.74, 6) is 0. The highest BCUT2D eigenvalue weighted by atomic mass is 32.2. The number of hydrogen-bond acceptors (Lipinski definition) is 6. The molecule has 0 saturated heterocycles. The van der Waals surface area contributed by atoms with Crippen LogP contribution in [0.2, 0.25) is 0 Å². The Labute approximate surface area is 122 Å². The number of aromatic nitrogens is 4. The van der Waals surface area contributed by atoms with Gasteiger partial charge >= 0.3 is 0 Å². The lowest BCUT2D eigenvalue weighted by Gasteiger charge is -2.08. The van der Waals surface area contributed by atoms with Crippen molar-refractivity contribution in [3.63, 3.8) is 0 Å². The predicted octanol–water partition coefficient (Wildman–Crippen LogP) is 0.473. The molecule has 2 heterocycles. The highest BCUT2D eigenvalue weighted by Crippen LogP contribution is 2.22. The Morgan fingerprint density at radius 3 is 2.57 bits per heavy atom. The minimum Gasteiger partial charge on any atom is -0.396 e. The molecule has 9 heteroatoms. The minimum absolute atomic E-state index is 0.0278. The molecule has 2 aromatic heterocycles. The van der Waals surface area contributed by atoms with Gasteiger partial charge in [0.15, 0.2) is 0 Å². The standard InChI is InChI=1S/C12H17N5O3S/c1-9-12(10(2)17(15-9)4-3-5-18)21(19,20)16-11-6-13-8-14-7-11/h6-8,16,18H,3-5H2,1-2H3. The highest BCUT2D eigenvalue weighted by molar-refractivity contribution is 7.92. The van der Waals surface area contributed by atoms with Crippen LogP contribution < -0.4 is 4.72 Å². The lowest BCUT2D eigenvalue weighted by Crippen LogP contribution is -2.15. The molecule has 114 valence electrons. The smallest absolute Gasteiger partial charge is 0.265 e. The van der Waals surface area contributed by atoms with Crippen LogP contribution in [0.3, 0.4) is 0 Å². The summed E-state index contributed by atoms with van der Waals surface area (Å²) in [7, 11) is -3.75. The zero-order chi connectivity index (χ0) is 15.5. The summed E-state index contributed by atoms with van der Waals surface area (Å²) >= 11 is 0. The van der Waals surface area contributed by atoms with Gasteiger partial charge < -0.3 is 5.11 Å². The van der Waals surface area contributed by atoms with E-state index in [0.717, 1.165) is 0 Å². The van der Waals surface area contributed by atoms with Gasteiger partial charge in [0.05, 0.1) is 29.5 Å². The molecule has 0 aliphatic heterocycles. The van der Waals surface area contributed by atoms with E-state index in [1.165, 1.54) is 18.7 Å². The Bertz CT molecular complexity index is 712. The lowest BCUT2D eigenvalue weighted by atomic mass is 10.4. The molecule has 0 bridgehead atoms. The first-order valence-electron chi connectivity index (χ1n) is 6.38. The molecule has 0 atom stereocenters. The van der Waals surface area contributed by atoms with Crippen LogP contribution in [0.15, 0.2) is 23.6 Å². The first-order chi connectivity index (χ1) is 9.95. The molecule has 2 N–H and O–H groups in total. The number of aryl methyl sites for hydroxylation is 2. The van der Waals surface area contributed by atoms with Gasteiger partial charge in [-0.3, -0.25) is 9.40 Å². The molecule has 8 nitrogen and oxygen atoms in total. The molecule has 0 amide bonds. The van der Waals surface area contributed by atoms with Crippen LogP contribution >= 0.6 is 0 Å². The molecule has 0 aliphatic rings. The molecule has 0 radical (unpaired) electrons. The Kier molecular flexibility index (Phi) is 4.53. The topological polar surface area (TPSA) is 110 Å². The maximum absolute atomic E-state index is 12.5. The van der Waals surface area contributed by atoms with E-state index in [1.807, 2.05) is 0 Å². The van der Waals surface area contributed by atoms with Crippen LogP contribution in [0.4, 0.5) is 5.69 Å². The van der Waals surface area contributed by atoms with Gasteiger partial charge in [-0.1, -0.05) is 0 Å². The van der Waals surface area contributed by atoms with Gasteiger partial charge in [-0.15, -0.1) is 0 Å². The first-order valence-corrected chi connectivity index (χ1v) is 7.86. The lowest BCUT2D eigenvalue weighted by molar-refractivity contribution is 0.276. The quantitative estimate of drug-likeness (QED) is 0.802. The van der Waals surface area contributed by atoms with Gasteiger partial charge in [0, 0.05) is 13.2 Å². The van der Waals surface area contributed by atoms with Crippen LogP contribution in [0.25, 0.3) is 0 Å². The third kappa shape index (κ3) is 3.37. The third-order valence-corrected chi connectivity index (χ3v) is 4.56. The van der Waals surface area contributed by atoms with Crippen LogP contribution in [-0.2, 0) is 16.6 Å². The monoisotopic (exact) mass is 311 g/mol. The second kappa shape index (κ2) is 6.19. The van der Waals surface area contributed by atoms with E-state index in [9.17, 15) is 8.42 Å². The molecule has 2 aromatic rings. The minimum atomic E-state index is -3.75. The van der Waals surface area contributed by atoms with Crippen molar-refractivity contribution in [1.29, 1.82) is 0 Å². The molecule has 0 aromatic carbocycles. The van der Waals surface area contributed by atoms with Gasteiger partial charge in [0.25, 0.3) is 10.0 Å². The Balaban J connectivity index is 2.34. The zero-order valence-corrected chi connectivity index (χ0v) is 12.6. The van der Waals surface area contributed by atoms with Gasteiger partial charge in [-0.2, -0.15) is 5.10 Å². The van der Waals surface area contributed by atoms with E-state index in [0.29, 0.717) is 30.0 Å². The Morgan fingerprint density at radius 1 is 1.29 bits per heavy atom. The number of hydrogen-bond donors (Lipinski definition) is 2. The molecule has 0 saturated carbocycles. The second-order valence-corrected chi connectivity index (χ2v) is 6.15. The van der Waals surface area contributed by atoms with Crippen LogP contribution in [0, 0.1) is 13.8 Å². The number of nitrogens with one attached hydrogen (secondary N) is 1. The number of aliphatic hydroxyl groups excluding tert-OH is 1. The van der Waals surface area contributed by atoms with Crippen molar-refractivity contribution < 1.29 is 13.5 Å². The van der Waals surface area contributed by atoms with Crippen LogP contribution in [0.5, 0.6) is 0 Å². The van der Waals surface area contributed by atoms with E-state index in [2.05, 4.69) is 19.8 Å². The maximum Gasteiger partial charge on any atom is 0.265 e. The zero-order valence-electron chi connectivity index (χ0n) is 11.8. The van der Waals surface area contributed by atoms with Crippen LogP contribution in [0.1, 0.15) is 17.8 Å². The van der Waals surface area contributed by atoms with Gasteiger partial charge in [-0.25, -0.2) is 18.4 Å². The summed E-state index contributed by atoms with van der Waals surface area (Å²) < 4.78 is 28.9. The van der Waals surface area contributed by atoms with Gasteiger partial charge in [-0.05, 0) is 20.3 Å². The average Bonchev–Trinajstić information content (AvgIpc) is 2.72. The summed E-state index contributed by atoms with van der Waals surface area (Å²) in [6.45, 7) is 3.82.